The second kappa shape index (κ2) is 11.3. The van der Waals surface area contributed by atoms with E-state index < -0.39 is 0 Å². The molecule has 0 aliphatic carbocycles. The Balaban J connectivity index is 0.000000170. The van der Waals surface area contributed by atoms with Gasteiger partial charge in [-0.1, -0.05) is 21.8 Å². The summed E-state index contributed by atoms with van der Waals surface area (Å²) in [6.07, 6.45) is 3.36. The third kappa shape index (κ3) is 8.05. The molecule has 4 rings (SSSR count). The van der Waals surface area contributed by atoms with Crippen LogP contribution < -0.4 is 11.1 Å². The first kappa shape index (κ1) is 22.6. The fraction of sp³-hybridized carbons (Fsp3) is 0.143. The molecule has 12 nitrogen and oxygen atoms in total. The Kier molecular flexibility index (Phi) is 8.82. The maximum atomic E-state index is 5.48. The second-order valence-corrected chi connectivity index (χ2v) is 7.29. The van der Waals surface area contributed by atoms with E-state index in [1.165, 1.54) is 9.36 Å². The molecule has 0 unspecified atom stereocenters. The van der Waals surface area contributed by atoms with Crippen LogP contribution in [-0.2, 0) is 14.1 Å². The minimum absolute atomic E-state index is 0.333. The number of anilines is 3. The van der Waals surface area contributed by atoms with Crippen LogP contribution in [0.2, 0.25) is 5.15 Å². The molecule has 0 atom stereocenters. The summed E-state index contributed by atoms with van der Waals surface area (Å²) in [7, 11) is 3.43. The average Bonchev–Trinajstić information content (AvgIpc) is 3.28. The smallest absolute Gasteiger partial charge is 0.248 e. The summed E-state index contributed by atoms with van der Waals surface area (Å²) in [6, 6.07) is 7.29. The molecular formula is C14H15Br2ClN12. The highest BCUT2D eigenvalue weighted by Gasteiger charge is 2.02. The maximum Gasteiger partial charge on any atom is 0.248 e. The van der Waals surface area contributed by atoms with E-state index in [4.69, 9.17) is 17.3 Å². The van der Waals surface area contributed by atoms with Gasteiger partial charge >= 0.3 is 0 Å². The lowest BCUT2D eigenvalue weighted by Gasteiger charge is -2.01. The van der Waals surface area contributed by atoms with Gasteiger partial charge in [0.05, 0.1) is 0 Å². The number of aromatic nitrogens is 10. The topological polar surface area (TPSA) is 151 Å². The fourth-order valence-corrected chi connectivity index (χ4v) is 2.07. The van der Waals surface area contributed by atoms with Crippen LogP contribution in [0.4, 0.5) is 17.7 Å². The first-order chi connectivity index (χ1) is 13.8. The predicted octanol–water partition coefficient (Wildman–Crippen LogP) is 2.40. The first-order valence-corrected chi connectivity index (χ1v) is 9.67. The summed E-state index contributed by atoms with van der Waals surface area (Å²) in [5, 5.41) is 24.6. The molecule has 3 N–H and O–H groups in total. The fourth-order valence-electron chi connectivity index (χ4n) is 1.49. The van der Waals surface area contributed by atoms with Gasteiger partial charge in [-0.25, -0.2) is 19.3 Å². The molecule has 29 heavy (non-hydrogen) atoms. The number of halogens is 3. The van der Waals surface area contributed by atoms with E-state index in [2.05, 4.69) is 78.2 Å². The Morgan fingerprint density at radius 2 is 1.52 bits per heavy atom. The van der Waals surface area contributed by atoms with Crippen molar-refractivity contribution >= 4 is 61.2 Å². The minimum atomic E-state index is 0.333. The summed E-state index contributed by atoms with van der Waals surface area (Å²) in [5.41, 5.74) is 5.17. The number of nitrogens with zero attached hydrogens (tertiary/aromatic N) is 10. The number of pyridine rings is 2. The van der Waals surface area contributed by atoms with Gasteiger partial charge in [0.15, 0.2) is 0 Å². The van der Waals surface area contributed by atoms with Gasteiger partial charge in [0.25, 0.3) is 0 Å². The Morgan fingerprint density at radius 1 is 0.897 bits per heavy atom. The van der Waals surface area contributed by atoms with Gasteiger partial charge in [0, 0.05) is 35.4 Å². The summed E-state index contributed by atoms with van der Waals surface area (Å²) >= 11 is 12.0. The van der Waals surface area contributed by atoms with Crippen LogP contribution in [0, 0.1) is 0 Å². The van der Waals surface area contributed by atoms with Crippen LogP contribution >= 0.6 is 43.5 Å². The normalized spacial score (nSPS) is 9.69. The number of nitrogens with two attached hydrogens (primary N) is 1. The second-order valence-electron chi connectivity index (χ2n) is 5.07. The van der Waals surface area contributed by atoms with E-state index in [1.807, 2.05) is 18.2 Å². The average molecular weight is 547 g/mol. The Morgan fingerprint density at radius 3 is 1.90 bits per heavy atom. The third-order valence-corrected chi connectivity index (χ3v) is 4.09. The molecule has 0 spiro atoms. The van der Waals surface area contributed by atoms with E-state index in [0.717, 1.165) is 8.95 Å². The van der Waals surface area contributed by atoms with Crippen LogP contribution in [0.5, 0.6) is 0 Å². The van der Waals surface area contributed by atoms with Crippen LogP contribution in [0.3, 0.4) is 0 Å². The van der Waals surface area contributed by atoms with E-state index in [0.29, 0.717) is 22.9 Å². The Hall–Kier alpha value is -2.71. The molecule has 152 valence electrons. The molecule has 0 bridgehead atoms. The van der Waals surface area contributed by atoms with E-state index >= 15 is 0 Å². The predicted molar refractivity (Wildman–Crippen MR) is 114 cm³/mol. The lowest BCUT2D eigenvalue weighted by Crippen LogP contribution is -2.01. The van der Waals surface area contributed by atoms with Crippen LogP contribution in [0.1, 0.15) is 0 Å². The number of tetrazole rings is 2. The zero-order valence-electron chi connectivity index (χ0n) is 15.1. The highest BCUT2D eigenvalue weighted by atomic mass is 79.9. The summed E-state index contributed by atoms with van der Waals surface area (Å²) in [5.74, 6) is 1.59. The molecule has 0 amide bonds. The molecule has 0 aromatic carbocycles. The summed E-state index contributed by atoms with van der Waals surface area (Å²) in [4.78, 5) is 7.92. The summed E-state index contributed by atoms with van der Waals surface area (Å²) < 4.78 is 4.80. The van der Waals surface area contributed by atoms with Crippen molar-refractivity contribution in [3.05, 3.63) is 50.8 Å². The number of hydrogen-bond donors (Lipinski definition) is 2. The zero-order valence-corrected chi connectivity index (χ0v) is 19.1. The molecule has 0 aliphatic heterocycles. The van der Waals surface area contributed by atoms with Gasteiger partial charge < -0.3 is 11.1 Å². The lowest BCUT2D eigenvalue weighted by atomic mass is 10.5. The third-order valence-electron chi connectivity index (χ3n) is 2.93. The minimum Gasteiger partial charge on any atom is -0.367 e. The molecular weight excluding hydrogens is 531 g/mol. The van der Waals surface area contributed by atoms with Crippen molar-refractivity contribution < 1.29 is 0 Å². The van der Waals surface area contributed by atoms with Gasteiger partial charge in [-0.15, -0.1) is 0 Å². The quantitative estimate of drug-likeness (QED) is 0.359. The van der Waals surface area contributed by atoms with Gasteiger partial charge in [-0.3, -0.25) is 0 Å². The van der Waals surface area contributed by atoms with Crippen molar-refractivity contribution in [1.82, 2.24) is 50.4 Å². The Labute approximate surface area is 187 Å². The van der Waals surface area contributed by atoms with Crippen molar-refractivity contribution in [1.29, 1.82) is 0 Å². The molecule has 0 radical (unpaired) electrons. The van der Waals surface area contributed by atoms with Crippen LogP contribution in [-0.4, -0.2) is 50.4 Å². The zero-order chi connectivity index (χ0) is 21.2. The van der Waals surface area contributed by atoms with Crippen LogP contribution in [0.15, 0.2) is 45.6 Å². The van der Waals surface area contributed by atoms with Gasteiger partial charge in [-0.2, -0.15) is 0 Å². The number of hydrogen-bond acceptors (Lipinski definition) is 10. The first-order valence-electron chi connectivity index (χ1n) is 7.71. The van der Waals surface area contributed by atoms with E-state index in [9.17, 15) is 0 Å². The number of nitrogen functional groups attached to an aromatic ring is 1. The van der Waals surface area contributed by atoms with Crippen LogP contribution in [0.25, 0.3) is 0 Å². The van der Waals surface area contributed by atoms with E-state index in [-0.39, 0.29) is 0 Å². The molecule has 15 heteroatoms. The molecule has 0 aliphatic rings. The van der Waals surface area contributed by atoms with Gasteiger partial charge in [0.1, 0.15) is 11.0 Å². The standard InChI is InChI=1S/C7H7BrN6.C5H3BrClN.C2H5N5/c1-14-7(11-12-13-14)10-6-3-2-5(8)4-9-6;6-4-1-2-5(7)8-3-4;1-7-2(3)4-5-6-7/h2-4H,1H3,(H,9,10,11,13);1-3H;1H3,(H2,3,4,6). The van der Waals surface area contributed by atoms with Crippen molar-refractivity contribution in [2.24, 2.45) is 14.1 Å². The van der Waals surface area contributed by atoms with Crippen molar-refractivity contribution in [3.8, 4) is 0 Å². The van der Waals surface area contributed by atoms with Gasteiger partial charge in [-0.05, 0) is 77.0 Å². The summed E-state index contributed by atoms with van der Waals surface area (Å²) in [6.45, 7) is 0. The van der Waals surface area contributed by atoms with Crippen molar-refractivity contribution in [2.45, 2.75) is 0 Å². The van der Waals surface area contributed by atoms with Crippen molar-refractivity contribution in [3.63, 3.8) is 0 Å². The lowest BCUT2D eigenvalue weighted by molar-refractivity contribution is 0.715. The monoisotopic (exact) mass is 544 g/mol. The van der Waals surface area contributed by atoms with Crippen molar-refractivity contribution in [2.75, 3.05) is 11.1 Å². The number of nitrogens with one attached hydrogen (secondary N) is 1. The Bertz CT molecular complexity index is 965. The largest absolute Gasteiger partial charge is 0.367 e. The molecule has 4 aromatic heterocycles. The highest BCUT2D eigenvalue weighted by Crippen LogP contribution is 2.13. The number of aryl methyl sites for hydroxylation is 2. The molecule has 0 fully saturated rings. The highest BCUT2D eigenvalue weighted by molar-refractivity contribution is 9.10. The molecule has 0 saturated carbocycles. The molecule has 4 aromatic rings. The van der Waals surface area contributed by atoms with E-state index in [1.54, 1.807) is 32.6 Å². The SMILES string of the molecule is Clc1ccc(Br)cn1.Cn1nnnc1N.Cn1nnnc1Nc1ccc(Br)cn1. The molecule has 0 saturated heterocycles. The number of rotatable bonds is 2. The maximum absolute atomic E-state index is 5.48. The van der Waals surface area contributed by atoms with Gasteiger partial charge in [0.2, 0.25) is 11.9 Å². The molecule has 4 heterocycles.